The van der Waals surface area contributed by atoms with Gasteiger partial charge in [-0.25, -0.2) is 0 Å². The van der Waals surface area contributed by atoms with Gasteiger partial charge in [-0.1, -0.05) is 23.8 Å². The monoisotopic (exact) mass is 286 g/mol. The van der Waals surface area contributed by atoms with Gasteiger partial charge in [0.25, 0.3) is 0 Å². The van der Waals surface area contributed by atoms with Crippen LogP contribution in [0, 0.1) is 13.8 Å². The molecule has 1 amide bonds. The van der Waals surface area contributed by atoms with E-state index in [4.69, 9.17) is 0 Å². The number of rotatable bonds is 5. The average Bonchev–Trinajstić information content (AvgIpc) is 2.91. The molecular formula is C16H22N4O. The molecular weight excluding hydrogens is 264 g/mol. The van der Waals surface area contributed by atoms with Gasteiger partial charge in [0, 0.05) is 6.54 Å². The van der Waals surface area contributed by atoms with Gasteiger partial charge in [-0.2, -0.15) is 0 Å². The summed E-state index contributed by atoms with van der Waals surface area (Å²) in [7, 11) is 0. The SMILES string of the molecule is CCn1cnnc1[C@H](C)NC(=O)Cc1cc(C)ccc1C. The number of aryl methyl sites for hydroxylation is 3. The molecule has 1 aromatic carbocycles. The molecule has 0 fully saturated rings. The van der Waals surface area contributed by atoms with Crippen molar-refractivity contribution in [2.45, 2.75) is 46.7 Å². The summed E-state index contributed by atoms with van der Waals surface area (Å²) in [6, 6.07) is 6.02. The van der Waals surface area contributed by atoms with Crippen LogP contribution in [0.1, 0.15) is 42.4 Å². The van der Waals surface area contributed by atoms with Crippen LogP contribution >= 0.6 is 0 Å². The number of benzene rings is 1. The first-order valence-electron chi connectivity index (χ1n) is 7.24. The lowest BCUT2D eigenvalue weighted by Gasteiger charge is -2.14. The van der Waals surface area contributed by atoms with Crippen molar-refractivity contribution in [3.8, 4) is 0 Å². The second-order valence-corrected chi connectivity index (χ2v) is 5.37. The summed E-state index contributed by atoms with van der Waals surface area (Å²) in [6.07, 6.45) is 2.07. The van der Waals surface area contributed by atoms with Gasteiger partial charge in [-0.15, -0.1) is 10.2 Å². The third kappa shape index (κ3) is 3.68. The molecule has 0 saturated heterocycles. The van der Waals surface area contributed by atoms with Crippen LogP contribution in [0.2, 0.25) is 0 Å². The number of amides is 1. The van der Waals surface area contributed by atoms with Crippen LogP contribution < -0.4 is 5.32 Å². The molecule has 2 rings (SSSR count). The van der Waals surface area contributed by atoms with Crippen LogP contribution in [-0.2, 0) is 17.8 Å². The smallest absolute Gasteiger partial charge is 0.225 e. The van der Waals surface area contributed by atoms with E-state index >= 15 is 0 Å². The minimum absolute atomic E-state index is 0.00172. The Bertz CT molecular complexity index is 633. The fourth-order valence-electron chi connectivity index (χ4n) is 2.36. The molecule has 0 bridgehead atoms. The quantitative estimate of drug-likeness (QED) is 0.917. The zero-order chi connectivity index (χ0) is 15.4. The summed E-state index contributed by atoms with van der Waals surface area (Å²) in [6.45, 7) is 8.81. The number of carbonyl (C=O) groups is 1. The van der Waals surface area contributed by atoms with Gasteiger partial charge in [0.1, 0.15) is 6.33 Å². The molecule has 0 spiro atoms. The molecule has 5 nitrogen and oxygen atoms in total. The van der Waals surface area contributed by atoms with Crippen molar-refractivity contribution in [3.05, 3.63) is 47.0 Å². The van der Waals surface area contributed by atoms with Crippen molar-refractivity contribution < 1.29 is 4.79 Å². The second-order valence-electron chi connectivity index (χ2n) is 5.37. The van der Waals surface area contributed by atoms with Gasteiger partial charge < -0.3 is 9.88 Å². The predicted octanol–water partition coefficient (Wildman–Crippen LogP) is 2.33. The molecule has 0 aliphatic rings. The Morgan fingerprint density at radius 1 is 1.38 bits per heavy atom. The molecule has 2 aromatic rings. The Hall–Kier alpha value is -2.17. The van der Waals surface area contributed by atoms with Gasteiger partial charge in [0.2, 0.25) is 5.91 Å². The minimum atomic E-state index is -0.148. The largest absolute Gasteiger partial charge is 0.346 e. The van der Waals surface area contributed by atoms with E-state index in [0.29, 0.717) is 6.42 Å². The van der Waals surface area contributed by atoms with Crippen LogP contribution in [0.15, 0.2) is 24.5 Å². The Labute approximate surface area is 125 Å². The minimum Gasteiger partial charge on any atom is -0.346 e. The summed E-state index contributed by atoms with van der Waals surface area (Å²) in [5.74, 6) is 0.786. The molecule has 112 valence electrons. The third-order valence-corrected chi connectivity index (χ3v) is 3.61. The molecule has 1 aromatic heterocycles. The normalized spacial score (nSPS) is 12.2. The van der Waals surface area contributed by atoms with Crippen LogP contribution in [0.5, 0.6) is 0 Å². The van der Waals surface area contributed by atoms with E-state index in [2.05, 4.69) is 33.7 Å². The lowest BCUT2D eigenvalue weighted by molar-refractivity contribution is -0.121. The Morgan fingerprint density at radius 2 is 2.14 bits per heavy atom. The van der Waals surface area contributed by atoms with E-state index in [1.54, 1.807) is 6.33 Å². The number of carbonyl (C=O) groups excluding carboxylic acids is 1. The Balaban J connectivity index is 2.03. The first-order chi connectivity index (χ1) is 10.0. The number of nitrogens with zero attached hydrogens (tertiary/aromatic N) is 3. The summed E-state index contributed by atoms with van der Waals surface area (Å²) >= 11 is 0. The lowest BCUT2D eigenvalue weighted by Crippen LogP contribution is -2.30. The maximum Gasteiger partial charge on any atom is 0.225 e. The fraction of sp³-hybridized carbons (Fsp3) is 0.438. The second kappa shape index (κ2) is 6.52. The van der Waals surface area contributed by atoms with Crippen LogP contribution in [0.3, 0.4) is 0 Å². The van der Waals surface area contributed by atoms with Crippen molar-refractivity contribution in [3.63, 3.8) is 0 Å². The van der Waals surface area contributed by atoms with E-state index in [1.807, 2.05) is 32.3 Å². The highest BCUT2D eigenvalue weighted by atomic mass is 16.1. The summed E-state index contributed by atoms with van der Waals surface area (Å²) in [5, 5.41) is 11.0. The molecule has 0 aliphatic carbocycles. The van der Waals surface area contributed by atoms with Gasteiger partial charge in [0.05, 0.1) is 12.5 Å². The summed E-state index contributed by atoms with van der Waals surface area (Å²) in [5.41, 5.74) is 3.37. The van der Waals surface area contributed by atoms with Crippen molar-refractivity contribution in [1.29, 1.82) is 0 Å². The molecule has 0 unspecified atom stereocenters. The molecule has 1 N–H and O–H groups in total. The maximum atomic E-state index is 12.2. The number of hydrogen-bond donors (Lipinski definition) is 1. The van der Waals surface area contributed by atoms with Crippen LogP contribution in [0.4, 0.5) is 0 Å². The number of nitrogens with one attached hydrogen (secondary N) is 1. The maximum absolute atomic E-state index is 12.2. The van der Waals surface area contributed by atoms with E-state index < -0.39 is 0 Å². The highest BCUT2D eigenvalue weighted by Gasteiger charge is 2.15. The van der Waals surface area contributed by atoms with Crippen LogP contribution in [0.25, 0.3) is 0 Å². The van der Waals surface area contributed by atoms with E-state index in [1.165, 1.54) is 5.56 Å². The number of hydrogen-bond acceptors (Lipinski definition) is 3. The standard InChI is InChI=1S/C16H22N4O/c1-5-20-10-17-19-16(20)13(4)18-15(21)9-14-8-11(2)6-7-12(14)3/h6-8,10,13H,5,9H2,1-4H3,(H,18,21)/t13-/m0/s1. The van der Waals surface area contributed by atoms with E-state index in [-0.39, 0.29) is 11.9 Å². The van der Waals surface area contributed by atoms with Crippen molar-refractivity contribution in [1.82, 2.24) is 20.1 Å². The first kappa shape index (κ1) is 15.2. The Morgan fingerprint density at radius 3 is 2.86 bits per heavy atom. The molecule has 0 radical (unpaired) electrons. The fourth-order valence-corrected chi connectivity index (χ4v) is 2.36. The molecule has 21 heavy (non-hydrogen) atoms. The summed E-state index contributed by atoms with van der Waals surface area (Å²) in [4.78, 5) is 12.2. The molecule has 5 heteroatoms. The average molecular weight is 286 g/mol. The third-order valence-electron chi connectivity index (χ3n) is 3.61. The molecule has 1 atom stereocenters. The highest BCUT2D eigenvalue weighted by molar-refractivity contribution is 5.79. The van der Waals surface area contributed by atoms with Gasteiger partial charge in [0.15, 0.2) is 5.82 Å². The predicted molar refractivity (Wildman–Crippen MR) is 81.9 cm³/mol. The highest BCUT2D eigenvalue weighted by Crippen LogP contribution is 2.13. The molecule has 0 aliphatic heterocycles. The lowest BCUT2D eigenvalue weighted by atomic mass is 10.0. The van der Waals surface area contributed by atoms with Crippen LogP contribution in [-0.4, -0.2) is 20.7 Å². The van der Waals surface area contributed by atoms with E-state index in [9.17, 15) is 4.79 Å². The molecule has 1 heterocycles. The van der Waals surface area contributed by atoms with Crippen molar-refractivity contribution >= 4 is 5.91 Å². The van der Waals surface area contributed by atoms with E-state index in [0.717, 1.165) is 23.5 Å². The van der Waals surface area contributed by atoms with Gasteiger partial charge in [-0.3, -0.25) is 4.79 Å². The van der Waals surface area contributed by atoms with Gasteiger partial charge >= 0.3 is 0 Å². The van der Waals surface area contributed by atoms with Crippen molar-refractivity contribution in [2.75, 3.05) is 0 Å². The van der Waals surface area contributed by atoms with Gasteiger partial charge in [-0.05, 0) is 38.8 Å². The van der Waals surface area contributed by atoms with Crippen molar-refractivity contribution in [2.24, 2.45) is 0 Å². The number of aromatic nitrogens is 3. The topological polar surface area (TPSA) is 59.8 Å². The summed E-state index contributed by atoms with van der Waals surface area (Å²) < 4.78 is 1.93. The molecule has 0 saturated carbocycles. The first-order valence-corrected chi connectivity index (χ1v) is 7.24. The zero-order valence-corrected chi connectivity index (χ0v) is 13.1. The Kier molecular flexibility index (Phi) is 4.73. The zero-order valence-electron chi connectivity index (χ0n) is 13.1.